The van der Waals surface area contributed by atoms with E-state index in [-0.39, 0.29) is 29.0 Å². The summed E-state index contributed by atoms with van der Waals surface area (Å²) in [4.78, 5) is 28.0. The van der Waals surface area contributed by atoms with E-state index in [2.05, 4.69) is 16.8 Å². The highest BCUT2D eigenvalue weighted by Crippen LogP contribution is 2.41. The van der Waals surface area contributed by atoms with E-state index in [0.717, 1.165) is 35.2 Å². The van der Waals surface area contributed by atoms with Crippen molar-refractivity contribution in [3.63, 3.8) is 0 Å². The summed E-state index contributed by atoms with van der Waals surface area (Å²) in [5.74, 6) is 0.946. The standard InChI is InChI=1S/C29H35N3O4/c1-6-22-12-21-13-28(36-18-20-10-8-7-9-11-20)27(35-5)14-23(21)25-15-26(33)24(17-32(22)25)29(34)30-16-19(2)31(3)4/h7-11,13-15,17,19,22H,6,12,16,18H2,1-5H3,(H,30,34). The van der Waals surface area contributed by atoms with Crippen molar-refractivity contribution in [3.8, 4) is 22.8 Å². The predicted molar refractivity (Wildman–Crippen MR) is 142 cm³/mol. The smallest absolute Gasteiger partial charge is 0.256 e. The van der Waals surface area contributed by atoms with E-state index in [1.54, 1.807) is 19.4 Å². The Kier molecular flexibility index (Phi) is 7.79. The molecule has 7 heteroatoms. The number of likely N-dealkylation sites (N-methyl/N-ethyl adjacent to an activating group) is 1. The Morgan fingerprint density at radius 2 is 1.92 bits per heavy atom. The van der Waals surface area contributed by atoms with Crippen molar-refractivity contribution < 1.29 is 14.3 Å². The van der Waals surface area contributed by atoms with Gasteiger partial charge in [0, 0.05) is 36.5 Å². The van der Waals surface area contributed by atoms with Crippen LogP contribution < -0.4 is 20.2 Å². The van der Waals surface area contributed by atoms with Gasteiger partial charge in [0.05, 0.1) is 12.8 Å². The maximum Gasteiger partial charge on any atom is 0.256 e. The minimum absolute atomic E-state index is 0.121. The minimum atomic E-state index is -0.341. The molecule has 0 saturated carbocycles. The first kappa shape index (κ1) is 25.5. The first-order valence-corrected chi connectivity index (χ1v) is 12.4. The summed E-state index contributed by atoms with van der Waals surface area (Å²) >= 11 is 0. The van der Waals surface area contributed by atoms with Crippen molar-refractivity contribution >= 4 is 5.91 Å². The van der Waals surface area contributed by atoms with Gasteiger partial charge < -0.3 is 24.3 Å². The van der Waals surface area contributed by atoms with Gasteiger partial charge in [-0.2, -0.15) is 0 Å². The predicted octanol–water partition coefficient (Wildman–Crippen LogP) is 4.29. The monoisotopic (exact) mass is 489 g/mol. The maximum absolute atomic E-state index is 13.1. The molecule has 3 aromatic rings. The lowest BCUT2D eigenvalue weighted by Crippen LogP contribution is -2.40. The number of ether oxygens (including phenoxy) is 2. The van der Waals surface area contributed by atoms with Crippen molar-refractivity contribution in [2.75, 3.05) is 27.7 Å². The van der Waals surface area contributed by atoms with E-state index in [9.17, 15) is 9.59 Å². The van der Waals surface area contributed by atoms with Gasteiger partial charge in [-0.25, -0.2) is 0 Å². The Labute approximate surface area is 212 Å². The lowest BCUT2D eigenvalue weighted by atomic mass is 9.90. The normalized spacial score (nSPS) is 15.1. The van der Waals surface area contributed by atoms with Gasteiger partial charge in [-0.3, -0.25) is 9.59 Å². The number of methoxy groups -OCH3 is 1. The van der Waals surface area contributed by atoms with E-state index in [1.165, 1.54) is 0 Å². The average Bonchev–Trinajstić information content (AvgIpc) is 2.89. The zero-order chi connectivity index (χ0) is 25.8. The Balaban J connectivity index is 1.67. The largest absolute Gasteiger partial charge is 0.493 e. The highest BCUT2D eigenvalue weighted by Gasteiger charge is 2.27. The van der Waals surface area contributed by atoms with Gasteiger partial charge in [0.2, 0.25) is 0 Å². The number of nitrogens with one attached hydrogen (secondary N) is 1. The molecule has 1 aliphatic heterocycles. The molecule has 1 aliphatic rings. The number of fused-ring (bicyclic) bond motifs is 3. The fourth-order valence-electron chi connectivity index (χ4n) is 4.47. The topological polar surface area (TPSA) is 72.8 Å². The van der Waals surface area contributed by atoms with Gasteiger partial charge in [0.1, 0.15) is 12.2 Å². The summed E-state index contributed by atoms with van der Waals surface area (Å²) in [6.07, 6.45) is 3.35. The van der Waals surface area contributed by atoms with Crippen LogP contribution in [-0.4, -0.2) is 49.2 Å². The van der Waals surface area contributed by atoms with Gasteiger partial charge in [-0.15, -0.1) is 0 Å². The van der Waals surface area contributed by atoms with Crippen LogP contribution >= 0.6 is 0 Å². The van der Waals surface area contributed by atoms with Gasteiger partial charge in [-0.1, -0.05) is 37.3 Å². The highest BCUT2D eigenvalue weighted by molar-refractivity contribution is 5.94. The molecule has 7 nitrogen and oxygen atoms in total. The SMILES string of the molecule is CCC1Cc2cc(OCc3ccccc3)c(OC)cc2-c2cc(=O)c(C(=O)NCC(C)N(C)C)cn21. The molecule has 0 bridgehead atoms. The van der Waals surface area contributed by atoms with E-state index in [0.29, 0.717) is 24.7 Å². The first-order chi connectivity index (χ1) is 17.3. The number of hydrogen-bond donors (Lipinski definition) is 1. The summed E-state index contributed by atoms with van der Waals surface area (Å²) in [6.45, 7) is 5.05. The number of hydrogen-bond acceptors (Lipinski definition) is 5. The summed E-state index contributed by atoms with van der Waals surface area (Å²) in [6, 6.07) is 15.8. The molecule has 2 unspecified atom stereocenters. The maximum atomic E-state index is 13.1. The van der Waals surface area contributed by atoms with E-state index < -0.39 is 0 Å². The number of carbonyl (C=O) groups is 1. The Morgan fingerprint density at radius 3 is 2.58 bits per heavy atom. The van der Waals surface area contributed by atoms with Crippen LogP contribution in [0.2, 0.25) is 0 Å². The first-order valence-electron chi connectivity index (χ1n) is 12.4. The van der Waals surface area contributed by atoms with Gasteiger partial charge in [-0.05, 0) is 57.1 Å². The van der Waals surface area contributed by atoms with Gasteiger partial charge in [0.15, 0.2) is 16.9 Å². The van der Waals surface area contributed by atoms with Crippen LogP contribution in [0.3, 0.4) is 0 Å². The number of nitrogens with zero attached hydrogens (tertiary/aromatic N) is 2. The quantitative estimate of drug-likeness (QED) is 0.486. The summed E-state index contributed by atoms with van der Waals surface area (Å²) in [5.41, 5.74) is 3.77. The molecule has 0 spiro atoms. The Morgan fingerprint density at radius 1 is 1.17 bits per heavy atom. The van der Waals surface area contributed by atoms with Crippen molar-refractivity contribution in [2.24, 2.45) is 0 Å². The lowest BCUT2D eigenvalue weighted by Gasteiger charge is -2.31. The van der Waals surface area contributed by atoms with E-state index in [1.807, 2.05) is 68.4 Å². The van der Waals surface area contributed by atoms with Crippen molar-refractivity contribution in [2.45, 2.75) is 45.4 Å². The van der Waals surface area contributed by atoms with Crippen molar-refractivity contribution in [1.82, 2.24) is 14.8 Å². The molecule has 36 heavy (non-hydrogen) atoms. The molecule has 0 radical (unpaired) electrons. The highest BCUT2D eigenvalue weighted by atomic mass is 16.5. The van der Waals surface area contributed by atoms with Crippen LogP contribution in [-0.2, 0) is 13.0 Å². The van der Waals surface area contributed by atoms with Crippen LogP contribution in [0.15, 0.2) is 59.5 Å². The van der Waals surface area contributed by atoms with Gasteiger partial charge in [0.25, 0.3) is 5.91 Å². The third-order valence-electron chi connectivity index (χ3n) is 6.99. The number of aromatic nitrogens is 1. The molecule has 0 saturated heterocycles. The van der Waals surface area contributed by atoms with Crippen molar-refractivity contribution in [1.29, 1.82) is 0 Å². The number of pyridine rings is 1. The molecule has 2 aromatic carbocycles. The second kappa shape index (κ2) is 11.0. The van der Waals surface area contributed by atoms with Crippen LogP contribution in [0.4, 0.5) is 0 Å². The van der Waals surface area contributed by atoms with E-state index >= 15 is 0 Å². The summed E-state index contributed by atoms with van der Waals surface area (Å²) in [5, 5.41) is 2.90. The Bertz CT molecular complexity index is 1280. The van der Waals surface area contributed by atoms with Gasteiger partial charge >= 0.3 is 0 Å². The molecule has 1 aromatic heterocycles. The zero-order valence-corrected chi connectivity index (χ0v) is 21.7. The van der Waals surface area contributed by atoms with Crippen molar-refractivity contribution in [3.05, 3.63) is 81.6 Å². The second-order valence-electron chi connectivity index (χ2n) is 9.57. The third-order valence-corrected chi connectivity index (χ3v) is 6.99. The van der Waals surface area contributed by atoms with E-state index in [4.69, 9.17) is 9.47 Å². The third kappa shape index (κ3) is 5.31. The molecular weight excluding hydrogens is 454 g/mol. The summed E-state index contributed by atoms with van der Waals surface area (Å²) < 4.78 is 13.8. The lowest BCUT2D eigenvalue weighted by molar-refractivity contribution is 0.0941. The molecular formula is C29H35N3O4. The molecule has 190 valence electrons. The number of rotatable bonds is 9. The molecule has 1 amide bonds. The molecule has 2 heterocycles. The number of amides is 1. The second-order valence-corrected chi connectivity index (χ2v) is 9.57. The Hall–Kier alpha value is -3.58. The van der Waals surface area contributed by atoms with Crippen LogP contribution in [0.5, 0.6) is 11.5 Å². The molecule has 2 atom stereocenters. The van der Waals surface area contributed by atoms with Crippen LogP contribution in [0.1, 0.15) is 47.8 Å². The average molecular weight is 490 g/mol. The minimum Gasteiger partial charge on any atom is -0.493 e. The zero-order valence-electron chi connectivity index (χ0n) is 21.7. The molecule has 0 fully saturated rings. The molecule has 0 aliphatic carbocycles. The summed E-state index contributed by atoms with van der Waals surface area (Å²) in [7, 11) is 5.53. The number of carbonyl (C=O) groups excluding carboxylic acids is 1. The van der Waals surface area contributed by atoms with Crippen LogP contribution in [0.25, 0.3) is 11.3 Å². The fraction of sp³-hybridized carbons (Fsp3) is 0.379. The van der Waals surface area contributed by atoms with Crippen LogP contribution in [0, 0.1) is 0 Å². The molecule has 4 rings (SSSR count). The number of benzene rings is 2. The molecule has 1 N–H and O–H groups in total. The fourth-order valence-corrected chi connectivity index (χ4v) is 4.47.